The maximum atomic E-state index is 13.0. The van der Waals surface area contributed by atoms with E-state index in [4.69, 9.17) is 10.6 Å². The maximum Gasteiger partial charge on any atom is 0.123 e. The molecule has 0 spiro atoms. The number of hydrogen-bond acceptors (Lipinski definition) is 3. The van der Waals surface area contributed by atoms with Gasteiger partial charge in [0, 0.05) is 0 Å². The van der Waals surface area contributed by atoms with E-state index in [0.29, 0.717) is 12.5 Å². The van der Waals surface area contributed by atoms with Crippen molar-refractivity contribution in [3.8, 4) is 5.75 Å². The summed E-state index contributed by atoms with van der Waals surface area (Å²) in [7, 11) is 0. The van der Waals surface area contributed by atoms with Gasteiger partial charge >= 0.3 is 0 Å². The van der Waals surface area contributed by atoms with Crippen molar-refractivity contribution in [1.29, 1.82) is 0 Å². The molecule has 3 N–H and O–H groups in total. The Kier molecular flexibility index (Phi) is 4.18. The molecule has 0 aromatic heterocycles. The number of hydrogen-bond donors (Lipinski definition) is 2. The molecule has 0 aliphatic heterocycles. The lowest BCUT2D eigenvalue weighted by atomic mass is 9.99. The van der Waals surface area contributed by atoms with Crippen molar-refractivity contribution in [2.75, 3.05) is 0 Å². The lowest BCUT2D eigenvalue weighted by Gasteiger charge is -2.17. The first-order chi connectivity index (χ1) is 10.2. The van der Waals surface area contributed by atoms with Crippen molar-refractivity contribution in [2.45, 2.75) is 31.4 Å². The molecule has 1 aliphatic rings. The summed E-state index contributed by atoms with van der Waals surface area (Å²) in [5.41, 5.74) is 4.93. The first-order valence-electron chi connectivity index (χ1n) is 7.22. The maximum absolute atomic E-state index is 13.0. The SMILES string of the molecule is NNC(Cc1ccc(F)cc1)c1cccc(OC2CC2)c1. The zero-order chi connectivity index (χ0) is 14.7. The molecule has 0 amide bonds. The second kappa shape index (κ2) is 6.24. The highest BCUT2D eigenvalue weighted by atomic mass is 19.1. The van der Waals surface area contributed by atoms with Gasteiger partial charge in [0.1, 0.15) is 11.6 Å². The Morgan fingerprint density at radius 1 is 1.19 bits per heavy atom. The fourth-order valence-electron chi connectivity index (χ4n) is 2.31. The lowest BCUT2D eigenvalue weighted by molar-refractivity contribution is 0.302. The van der Waals surface area contributed by atoms with Crippen molar-refractivity contribution in [1.82, 2.24) is 5.43 Å². The predicted molar refractivity (Wildman–Crippen MR) is 80.3 cm³/mol. The van der Waals surface area contributed by atoms with Crippen LogP contribution in [0.5, 0.6) is 5.75 Å². The number of halogens is 1. The monoisotopic (exact) mass is 286 g/mol. The van der Waals surface area contributed by atoms with E-state index in [1.165, 1.54) is 12.1 Å². The third-order valence-corrected chi connectivity index (χ3v) is 3.64. The van der Waals surface area contributed by atoms with Gasteiger partial charge in [0.15, 0.2) is 0 Å². The zero-order valence-corrected chi connectivity index (χ0v) is 11.8. The zero-order valence-electron chi connectivity index (χ0n) is 11.8. The molecule has 2 aromatic rings. The molecule has 3 rings (SSSR count). The largest absolute Gasteiger partial charge is 0.490 e. The van der Waals surface area contributed by atoms with E-state index in [2.05, 4.69) is 5.43 Å². The molecule has 0 bridgehead atoms. The molecule has 3 nitrogen and oxygen atoms in total. The highest BCUT2D eigenvalue weighted by Gasteiger charge is 2.23. The number of nitrogens with one attached hydrogen (secondary N) is 1. The van der Waals surface area contributed by atoms with Gasteiger partial charge in [0.25, 0.3) is 0 Å². The van der Waals surface area contributed by atoms with Crippen molar-refractivity contribution < 1.29 is 9.13 Å². The van der Waals surface area contributed by atoms with Crippen LogP contribution in [0.25, 0.3) is 0 Å². The van der Waals surface area contributed by atoms with E-state index in [1.54, 1.807) is 12.1 Å². The minimum atomic E-state index is -0.226. The first kappa shape index (κ1) is 14.0. The molecule has 110 valence electrons. The molecule has 0 radical (unpaired) electrons. The predicted octanol–water partition coefficient (Wildman–Crippen LogP) is 3.11. The standard InChI is InChI=1S/C17H19FN2O/c18-14-6-4-12(5-7-14)10-17(20-19)13-2-1-3-16(11-13)21-15-8-9-15/h1-7,11,15,17,20H,8-10,19H2. The minimum absolute atomic E-state index is 0.0294. The molecule has 1 aliphatic carbocycles. The van der Waals surface area contributed by atoms with Crippen LogP contribution in [0, 0.1) is 5.82 Å². The van der Waals surface area contributed by atoms with Gasteiger partial charge in [-0.25, -0.2) is 4.39 Å². The molecule has 1 unspecified atom stereocenters. The van der Waals surface area contributed by atoms with Gasteiger partial charge in [-0.05, 0) is 54.7 Å². The first-order valence-corrected chi connectivity index (χ1v) is 7.22. The smallest absolute Gasteiger partial charge is 0.123 e. The van der Waals surface area contributed by atoms with E-state index < -0.39 is 0 Å². The van der Waals surface area contributed by atoms with Crippen LogP contribution < -0.4 is 16.0 Å². The molecule has 0 heterocycles. The van der Waals surface area contributed by atoms with E-state index >= 15 is 0 Å². The summed E-state index contributed by atoms with van der Waals surface area (Å²) in [5, 5.41) is 0. The summed E-state index contributed by atoms with van der Waals surface area (Å²) in [4.78, 5) is 0. The Labute approximate surface area is 123 Å². The van der Waals surface area contributed by atoms with E-state index in [9.17, 15) is 4.39 Å². The number of nitrogens with two attached hydrogens (primary N) is 1. The number of ether oxygens (including phenoxy) is 1. The summed E-state index contributed by atoms with van der Waals surface area (Å²) in [5.74, 6) is 6.34. The minimum Gasteiger partial charge on any atom is -0.490 e. The lowest BCUT2D eigenvalue weighted by Crippen LogP contribution is -2.29. The van der Waals surface area contributed by atoms with Gasteiger partial charge < -0.3 is 4.74 Å². The third kappa shape index (κ3) is 3.80. The average molecular weight is 286 g/mol. The molecule has 1 saturated carbocycles. The number of rotatable bonds is 6. The summed E-state index contributed by atoms with van der Waals surface area (Å²) in [6.45, 7) is 0. The van der Waals surface area contributed by atoms with Crippen LogP contribution in [-0.2, 0) is 6.42 Å². The second-order valence-electron chi connectivity index (χ2n) is 5.44. The fraction of sp³-hybridized carbons (Fsp3) is 0.294. The van der Waals surface area contributed by atoms with Crippen LogP contribution in [0.15, 0.2) is 48.5 Å². The molecule has 2 aromatic carbocycles. The van der Waals surface area contributed by atoms with Crippen molar-refractivity contribution in [3.05, 3.63) is 65.5 Å². The van der Waals surface area contributed by atoms with Crippen LogP contribution >= 0.6 is 0 Å². The van der Waals surface area contributed by atoms with Gasteiger partial charge in [-0.15, -0.1) is 0 Å². The molecular formula is C17H19FN2O. The van der Waals surface area contributed by atoms with Crippen LogP contribution in [-0.4, -0.2) is 6.10 Å². The Morgan fingerprint density at radius 3 is 2.62 bits per heavy atom. The highest BCUT2D eigenvalue weighted by Crippen LogP contribution is 2.28. The van der Waals surface area contributed by atoms with Gasteiger partial charge in [0.05, 0.1) is 12.1 Å². The molecule has 1 fully saturated rings. The van der Waals surface area contributed by atoms with E-state index in [0.717, 1.165) is 29.7 Å². The van der Waals surface area contributed by atoms with E-state index in [1.807, 2.05) is 24.3 Å². The van der Waals surface area contributed by atoms with Gasteiger partial charge in [-0.1, -0.05) is 24.3 Å². The topological polar surface area (TPSA) is 47.3 Å². The van der Waals surface area contributed by atoms with E-state index in [-0.39, 0.29) is 11.9 Å². The Balaban J connectivity index is 1.73. The average Bonchev–Trinajstić information content (AvgIpc) is 3.31. The van der Waals surface area contributed by atoms with Crippen molar-refractivity contribution in [3.63, 3.8) is 0 Å². The van der Waals surface area contributed by atoms with Crippen LogP contribution in [0.2, 0.25) is 0 Å². The van der Waals surface area contributed by atoms with Gasteiger partial charge in [-0.2, -0.15) is 0 Å². The van der Waals surface area contributed by atoms with Gasteiger partial charge in [-0.3, -0.25) is 11.3 Å². The normalized spacial score (nSPS) is 15.7. The fourth-order valence-corrected chi connectivity index (χ4v) is 2.31. The highest BCUT2D eigenvalue weighted by molar-refractivity contribution is 5.32. The summed E-state index contributed by atoms with van der Waals surface area (Å²) >= 11 is 0. The molecule has 1 atom stereocenters. The van der Waals surface area contributed by atoms with Gasteiger partial charge in [0.2, 0.25) is 0 Å². The summed E-state index contributed by atoms with van der Waals surface area (Å²) in [6.07, 6.45) is 3.35. The Hall–Kier alpha value is -1.91. The van der Waals surface area contributed by atoms with Crippen LogP contribution in [0.4, 0.5) is 4.39 Å². The second-order valence-corrected chi connectivity index (χ2v) is 5.44. The quantitative estimate of drug-likeness (QED) is 0.633. The van der Waals surface area contributed by atoms with Crippen molar-refractivity contribution in [2.24, 2.45) is 5.84 Å². The van der Waals surface area contributed by atoms with Crippen LogP contribution in [0.3, 0.4) is 0 Å². The number of benzene rings is 2. The number of hydrazine groups is 1. The third-order valence-electron chi connectivity index (χ3n) is 3.64. The summed E-state index contributed by atoms with van der Waals surface area (Å²) in [6, 6.07) is 14.5. The summed E-state index contributed by atoms with van der Waals surface area (Å²) < 4.78 is 18.8. The molecule has 4 heteroatoms. The van der Waals surface area contributed by atoms with Crippen LogP contribution in [0.1, 0.15) is 30.0 Å². The Bertz CT molecular complexity index is 596. The molecular weight excluding hydrogens is 267 g/mol. The molecule has 0 saturated heterocycles. The molecule has 21 heavy (non-hydrogen) atoms. The Morgan fingerprint density at radius 2 is 1.95 bits per heavy atom. The van der Waals surface area contributed by atoms with Crippen molar-refractivity contribution >= 4 is 0 Å².